The van der Waals surface area contributed by atoms with Crippen LogP contribution in [0.2, 0.25) is 5.02 Å². The van der Waals surface area contributed by atoms with Gasteiger partial charge in [-0.2, -0.15) is 18.2 Å². The highest BCUT2D eigenvalue weighted by Gasteiger charge is 2.36. The number of nitrogens with one attached hydrogen (secondary N) is 3. The SMILES string of the molecule is COc1cc(-c2c(Cl)cc(Nc3n[nH]c(N)n3)cc2C(F)(F)F)ccc1S(=O)(=O)NC1CCN(C(=O)O)CC1. The Kier molecular flexibility index (Phi) is 7.81. The van der Waals surface area contributed by atoms with Crippen molar-refractivity contribution in [1.29, 1.82) is 0 Å². The van der Waals surface area contributed by atoms with Crippen molar-refractivity contribution in [2.24, 2.45) is 0 Å². The van der Waals surface area contributed by atoms with Gasteiger partial charge in [-0.05, 0) is 42.7 Å². The second kappa shape index (κ2) is 10.8. The second-order valence-electron chi connectivity index (χ2n) is 8.58. The Labute approximate surface area is 225 Å². The van der Waals surface area contributed by atoms with Crippen molar-refractivity contribution in [3.05, 3.63) is 40.9 Å². The van der Waals surface area contributed by atoms with E-state index < -0.39 is 33.9 Å². The number of piperidine rings is 1. The predicted octanol–water partition coefficient (Wildman–Crippen LogP) is 3.90. The molecule has 210 valence electrons. The molecule has 4 rings (SSSR count). The molecule has 1 aromatic heterocycles. The first-order valence-electron chi connectivity index (χ1n) is 11.3. The van der Waals surface area contributed by atoms with E-state index in [4.69, 9.17) is 27.2 Å². The fourth-order valence-electron chi connectivity index (χ4n) is 4.17. The molecule has 1 aliphatic heterocycles. The molecule has 12 nitrogen and oxygen atoms in total. The van der Waals surface area contributed by atoms with Gasteiger partial charge in [0.15, 0.2) is 0 Å². The number of aromatic amines is 1. The van der Waals surface area contributed by atoms with Gasteiger partial charge < -0.3 is 25.8 Å². The minimum atomic E-state index is -4.83. The van der Waals surface area contributed by atoms with E-state index in [1.54, 1.807) is 0 Å². The zero-order chi connectivity index (χ0) is 28.5. The molecule has 17 heteroatoms. The summed E-state index contributed by atoms with van der Waals surface area (Å²) in [5.41, 5.74) is 3.87. The van der Waals surface area contributed by atoms with E-state index in [1.165, 1.54) is 24.1 Å². The lowest BCUT2D eigenvalue weighted by atomic mass is 9.98. The number of alkyl halides is 3. The molecule has 0 radical (unpaired) electrons. The molecular weight excluding hydrogens is 567 g/mol. The van der Waals surface area contributed by atoms with Gasteiger partial charge in [0.1, 0.15) is 10.6 Å². The Morgan fingerprint density at radius 1 is 1.26 bits per heavy atom. The lowest BCUT2D eigenvalue weighted by molar-refractivity contribution is -0.137. The first-order valence-corrected chi connectivity index (χ1v) is 13.2. The van der Waals surface area contributed by atoms with Crippen molar-refractivity contribution in [2.45, 2.75) is 30.0 Å². The number of methoxy groups -OCH3 is 1. The molecule has 1 saturated heterocycles. The summed E-state index contributed by atoms with van der Waals surface area (Å²) in [6, 6.07) is 5.00. The van der Waals surface area contributed by atoms with Gasteiger partial charge in [0.25, 0.3) is 0 Å². The topological polar surface area (TPSA) is 176 Å². The van der Waals surface area contributed by atoms with E-state index in [0.717, 1.165) is 18.2 Å². The molecule has 1 aliphatic rings. The third-order valence-corrected chi connectivity index (χ3v) is 7.84. The van der Waals surface area contributed by atoms with Crippen LogP contribution in [0.3, 0.4) is 0 Å². The smallest absolute Gasteiger partial charge is 0.417 e. The zero-order valence-corrected chi connectivity index (χ0v) is 21.8. The molecular formula is C22H23ClF3N7O5S. The number of amides is 1. The average molecular weight is 590 g/mol. The summed E-state index contributed by atoms with van der Waals surface area (Å²) in [6.45, 7) is 0.317. The summed E-state index contributed by atoms with van der Waals surface area (Å²) >= 11 is 6.30. The van der Waals surface area contributed by atoms with Crippen molar-refractivity contribution in [3.8, 4) is 16.9 Å². The maximum Gasteiger partial charge on any atom is 0.417 e. The molecule has 6 N–H and O–H groups in total. The van der Waals surface area contributed by atoms with E-state index in [0.29, 0.717) is 0 Å². The normalized spacial score (nSPS) is 14.8. The zero-order valence-electron chi connectivity index (χ0n) is 20.2. The number of H-pyrrole nitrogens is 1. The number of benzene rings is 2. The summed E-state index contributed by atoms with van der Waals surface area (Å²) in [5.74, 6) is -0.314. The molecule has 0 atom stereocenters. The Morgan fingerprint density at radius 2 is 1.95 bits per heavy atom. The maximum absolute atomic E-state index is 14.1. The van der Waals surface area contributed by atoms with Gasteiger partial charge in [0.2, 0.25) is 21.9 Å². The van der Waals surface area contributed by atoms with Gasteiger partial charge in [-0.15, -0.1) is 5.10 Å². The number of carbonyl (C=O) groups is 1. The Morgan fingerprint density at radius 3 is 2.51 bits per heavy atom. The molecule has 0 saturated carbocycles. The van der Waals surface area contributed by atoms with Crippen molar-refractivity contribution in [3.63, 3.8) is 0 Å². The van der Waals surface area contributed by atoms with Crippen LogP contribution in [-0.2, 0) is 16.2 Å². The van der Waals surface area contributed by atoms with Gasteiger partial charge in [-0.3, -0.25) is 0 Å². The molecule has 0 bridgehead atoms. The highest BCUT2D eigenvalue weighted by molar-refractivity contribution is 7.89. The number of nitrogen functional groups attached to an aromatic ring is 1. The first kappa shape index (κ1) is 28.3. The lowest BCUT2D eigenvalue weighted by Crippen LogP contribution is -2.46. The summed E-state index contributed by atoms with van der Waals surface area (Å²) in [6.07, 6.45) is -5.40. The number of likely N-dealkylation sites (tertiary alicyclic amines) is 1. The quantitative estimate of drug-likeness (QED) is 0.273. The summed E-state index contributed by atoms with van der Waals surface area (Å²) in [5, 5.41) is 17.5. The van der Waals surface area contributed by atoms with Crippen LogP contribution < -0.4 is 20.5 Å². The van der Waals surface area contributed by atoms with E-state index in [2.05, 4.69) is 25.2 Å². The molecule has 1 fully saturated rings. The third-order valence-electron chi connectivity index (χ3n) is 5.98. The Hall–Kier alpha value is -3.76. The number of nitrogens with zero attached hydrogens (tertiary/aromatic N) is 3. The molecule has 1 amide bonds. The second-order valence-corrected chi connectivity index (χ2v) is 10.7. The van der Waals surface area contributed by atoms with Gasteiger partial charge in [-0.1, -0.05) is 17.7 Å². The van der Waals surface area contributed by atoms with Crippen LogP contribution in [0.4, 0.5) is 35.5 Å². The number of aromatic nitrogens is 3. The van der Waals surface area contributed by atoms with Crippen molar-refractivity contribution in [2.75, 3.05) is 31.2 Å². The van der Waals surface area contributed by atoms with Crippen LogP contribution in [-0.4, -0.2) is 65.9 Å². The number of hydrogen-bond acceptors (Lipinski definition) is 8. The number of halogens is 4. The standard InChI is InChI=1S/C22H23ClF3N7O5S/c1-38-16-8-11(2-3-17(16)39(36,37)32-12-4-6-33(7-5-12)21(34)35)18-14(22(24,25)26)9-13(10-15(18)23)28-20-29-19(27)30-31-20/h2-3,8-10,12,32H,4-7H2,1H3,(H,34,35)(H4,27,28,29,30,31). The molecule has 3 aromatic rings. The van der Waals surface area contributed by atoms with Gasteiger partial charge in [0, 0.05) is 30.4 Å². The van der Waals surface area contributed by atoms with Crippen LogP contribution in [0.1, 0.15) is 18.4 Å². The van der Waals surface area contributed by atoms with Crippen LogP contribution in [0.25, 0.3) is 11.1 Å². The van der Waals surface area contributed by atoms with E-state index in [-0.39, 0.29) is 70.3 Å². The number of rotatable bonds is 7. The molecule has 0 spiro atoms. The summed E-state index contributed by atoms with van der Waals surface area (Å²) in [7, 11) is -2.97. The molecule has 2 heterocycles. The van der Waals surface area contributed by atoms with Gasteiger partial charge in [0.05, 0.1) is 17.7 Å². The number of ether oxygens (including phenoxy) is 1. The minimum absolute atomic E-state index is 0.0356. The highest BCUT2D eigenvalue weighted by atomic mass is 35.5. The van der Waals surface area contributed by atoms with Crippen molar-refractivity contribution < 1.29 is 36.2 Å². The molecule has 2 aromatic carbocycles. The van der Waals surface area contributed by atoms with Crippen molar-refractivity contribution in [1.82, 2.24) is 24.8 Å². The number of hydrogen-bond donors (Lipinski definition) is 5. The minimum Gasteiger partial charge on any atom is -0.495 e. The highest BCUT2D eigenvalue weighted by Crippen LogP contribution is 2.44. The largest absolute Gasteiger partial charge is 0.495 e. The van der Waals surface area contributed by atoms with Gasteiger partial charge >= 0.3 is 12.3 Å². The number of anilines is 3. The maximum atomic E-state index is 14.1. The number of nitrogens with two attached hydrogens (primary N) is 1. The Bertz CT molecular complexity index is 1490. The number of sulfonamides is 1. The Balaban J connectivity index is 1.66. The monoisotopic (exact) mass is 589 g/mol. The third kappa shape index (κ3) is 6.29. The molecule has 0 unspecified atom stereocenters. The van der Waals surface area contributed by atoms with E-state index in [9.17, 15) is 26.4 Å². The lowest BCUT2D eigenvalue weighted by Gasteiger charge is -2.30. The molecule has 0 aliphatic carbocycles. The predicted molar refractivity (Wildman–Crippen MR) is 135 cm³/mol. The fraction of sp³-hybridized carbons (Fsp3) is 0.318. The van der Waals surface area contributed by atoms with E-state index >= 15 is 0 Å². The van der Waals surface area contributed by atoms with Crippen LogP contribution in [0, 0.1) is 0 Å². The van der Waals surface area contributed by atoms with Crippen LogP contribution in [0.15, 0.2) is 35.2 Å². The average Bonchev–Trinajstić information content (AvgIpc) is 3.27. The summed E-state index contributed by atoms with van der Waals surface area (Å²) in [4.78, 5) is 15.8. The van der Waals surface area contributed by atoms with Crippen LogP contribution in [0.5, 0.6) is 5.75 Å². The number of carboxylic acid groups (broad SMARTS) is 1. The summed E-state index contributed by atoms with van der Waals surface area (Å²) < 4.78 is 76.3. The first-order chi connectivity index (χ1) is 18.3. The van der Waals surface area contributed by atoms with Crippen LogP contribution >= 0.6 is 11.6 Å². The molecule has 39 heavy (non-hydrogen) atoms. The van der Waals surface area contributed by atoms with E-state index in [1.807, 2.05) is 0 Å². The van der Waals surface area contributed by atoms with Gasteiger partial charge in [-0.25, -0.2) is 23.0 Å². The fourth-order valence-corrected chi connectivity index (χ4v) is 5.96. The van der Waals surface area contributed by atoms with Crippen molar-refractivity contribution >= 4 is 45.3 Å².